The van der Waals surface area contributed by atoms with E-state index in [9.17, 15) is 28.8 Å². The Hall–Kier alpha value is -4.98. The summed E-state index contributed by atoms with van der Waals surface area (Å²) in [6.45, 7) is 12.5. The molecule has 16 nitrogen and oxygen atoms in total. The monoisotopic (exact) mass is 1030 g/mol. The Morgan fingerprint density at radius 2 is 0.958 bits per heavy atom. The fourth-order valence-corrected chi connectivity index (χ4v) is 13.3. The summed E-state index contributed by atoms with van der Waals surface area (Å²) in [5.41, 5.74) is 2.56. The number of amides is 6. The van der Waals surface area contributed by atoms with E-state index >= 15 is 0 Å². The second-order valence-corrected chi connectivity index (χ2v) is 23.4. The van der Waals surface area contributed by atoms with Gasteiger partial charge in [0.1, 0.15) is 24.2 Å². The first-order chi connectivity index (χ1) is 34.4. The van der Waals surface area contributed by atoms with E-state index in [-0.39, 0.29) is 72.6 Å². The largest absolute Gasteiger partial charge is 0.374 e. The molecule has 6 N–H and O–H groups in total. The van der Waals surface area contributed by atoms with E-state index in [4.69, 9.17) is 9.47 Å². The van der Waals surface area contributed by atoms with Gasteiger partial charge in [0, 0.05) is 0 Å². The Morgan fingerprint density at radius 3 is 1.31 bits per heavy atom. The number of nitrogens with one attached hydrogen (secondary N) is 6. The molecule has 0 bridgehead atoms. The van der Waals surface area contributed by atoms with Crippen molar-refractivity contribution in [3.8, 4) is 0 Å². The van der Waals surface area contributed by atoms with Crippen LogP contribution in [0.4, 0.5) is 0 Å². The minimum Gasteiger partial charge on any atom is -0.374 e. The van der Waals surface area contributed by atoms with Crippen molar-refractivity contribution in [2.75, 3.05) is 38.8 Å². The summed E-state index contributed by atoms with van der Waals surface area (Å²) in [5, 5.41) is 17.8. The van der Waals surface area contributed by atoms with Crippen LogP contribution in [0.3, 0.4) is 0 Å². The topological polar surface area (TPSA) is 200 Å². The van der Waals surface area contributed by atoms with Crippen LogP contribution in [-0.2, 0) is 51.5 Å². The van der Waals surface area contributed by atoms with Crippen LogP contribution in [0, 0.1) is 10.8 Å². The number of ether oxygens (including phenoxy) is 2. The quantitative estimate of drug-likeness (QED) is 0.0906. The molecule has 0 saturated carbocycles. The minimum atomic E-state index is -0.750. The van der Waals surface area contributed by atoms with Gasteiger partial charge in [-0.3, -0.25) is 28.8 Å². The summed E-state index contributed by atoms with van der Waals surface area (Å²) in [7, 11) is 3.40. The maximum atomic E-state index is 14.5. The molecule has 0 spiro atoms. The van der Waals surface area contributed by atoms with Gasteiger partial charge in [-0.05, 0) is 98.2 Å². The van der Waals surface area contributed by atoms with Gasteiger partial charge in [-0.1, -0.05) is 113 Å². The lowest BCUT2D eigenvalue weighted by molar-refractivity contribution is -0.144. The Labute approximate surface area is 433 Å². The number of hydrogen-bond acceptors (Lipinski definition) is 12. The molecule has 4 aliphatic rings. The third kappa shape index (κ3) is 13.0. The van der Waals surface area contributed by atoms with Crippen LogP contribution in [0.5, 0.6) is 0 Å². The Kier molecular flexibility index (Phi) is 18.5. The predicted octanol–water partition coefficient (Wildman–Crippen LogP) is 4.80. The van der Waals surface area contributed by atoms with Crippen molar-refractivity contribution in [2.24, 2.45) is 10.8 Å². The molecule has 4 aliphatic heterocycles. The number of carbonyl (C=O) groups excluding carboxylic acids is 6. The molecule has 0 aromatic heterocycles. The van der Waals surface area contributed by atoms with Gasteiger partial charge in [-0.15, -0.1) is 23.5 Å². The van der Waals surface area contributed by atoms with E-state index in [0.29, 0.717) is 37.2 Å². The summed E-state index contributed by atoms with van der Waals surface area (Å²) in [5.74, 6) is -0.136. The first kappa shape index (κ1) is 54.8. The van der Waals surface area contributed by atoms with Gasteiger partial charge in [0.2, 0.25) is 35.4 Å². The number of nitrogens with zero attached hydrogens (tertiary/aromatic N) is 2. The Morgan fingerprint density at radius 1 is 0.597 bits per heavy atom. The van der Waals surface area contributed by atoms with Crippen LogP contribution in [0.15, 0.2) is 84.9 Å². The van der Waals surface area contributed by atoms with E-state index in [1.165, 1.54) is 0 Å². The van der Waals surface area contributed by atoms with E-state index in [0.717, 1.165) is 22.3 Å². The van der Waals surface area contributed by atoms with Crippen molar-refractivity contribution < 1.29 is 38.2 Å². The molecular formula is C54H74N8O8S2. The van der Waals surface area contributed by atoms with Gasteiger partial charge in [0.15, 0.2) is 0 Å². The molecule has 0 unspecified atom stereocenters. The highest BCUT2D eigenvalue weighted by atomic mass is 32.2. The van der Waals surface area contributed by atoms with Crippen molar-refractivity contribution in [3.63, 3.8) is 0 Å². The van der Waals surface area contributed by atoms with Gasteiger partial charge in [-0.25, -0.2) is 0 Å². The standard InChI is InChI=1S/C54H74N8O8S2/c1-33(55-7)47(63)57-39-23-25-71-43-27-53(3,4)45(61(43)51(39)67)49(65)59-41(37-15-11-9-12-16-37)31-69-29-35-19-21-36(22-20-35)30-70-32-42(38-17-13-10-14-18-38)60-50(66)46-54(5,6)28-44-62(46)52(68)40(24-26-72-44)58-48(64)34(2)56-8/h9-22,33-34,39-46,55-56H,23-32H2,1-8H3,(H,57,63)(H,58,64)(H,59,65)(H,60,66)/t33-,34-,39-,40-,41+,42+,43-,44-,45+,46+/m0/s1. The fraction of sp³-hybridized carbons (Fsp3) is 0.556. The first-order valence-corrected chi connectivity index (χ1v) is 27.3. The van der Waals surface area contributed by atoms with Gasteiger partial charge in [-0.2, -0.15) is 0 Å². The van der Waals surface area contributed by atoms with E-state index in [1.54, 1.807) is 61.3 Å². The third-order valence-corrected chi connectivity index (χ3v) is 17.0. The molecular weight excluding hydrogens is 953 g/mol. The molecule has 18 heteroatoms. The number of likely N-dealkylation sites (N-methyl/N-ethyl adjacent to an activating group) is 2. The van der Waals surface area contributed by atoms with Crippen LogP contribution >= 0.6 is 23.5 Å². The van der Waals surface area contributed by atoms with Crippen molar-refractivity contribution >= 4 is 59.0 Å². The summed E-state index contributed by atoms with van der Waals surface area (Å²) in [6.07, 6.45) is 2.27. The highest BCUT2D eigenvalue weighted by Gasteiger charge is 2.56. The van der Waals surface area contributed by atoms with Crippen LogP contribution in [-0.4, -0.2) is 131 Å². The lowest BCUT2D eigenvalue weighted by Gasteiger charge is -2.35. The Balaban J connectivity index is 0.960. The van der Waals surface area contributed by atoms with E-state index < -0.39 is 59.2 Å². The highest BCUT2D eigenvalue weighted by molar-refractivity contribution is 8.00. The number of rotatable bonds is 20. The molecule has 10 atom stereocenters. The zero-order valence-corrected chi connectivity index (χ0v) is 44.5. The third-order valence-electron chi connectivity index (χ3n) is 14.5. The zero-order valence-electron chi connectivity index (χ0n) is 42.9. The molecule has 4 heterocycles. The molecule has 0 radical (unpaired) electrons. The predicted molar refractivity (Wildman–Crippen MR) is 281 cm³/mol. The number of benzene rings is 3. The van der Waals surface area contributed by atoms with Crippen LogP contribution in [0.25, 0.3) is 0 Å². The Bertz CT molecular complexity index is 2200. The second kappa shape index (κ2) is 24.4. The minimum absolute atomic E-state index is 0.184. The summed E-state index contributed by atoms with van der Waals surface area (Å²) >= 11 is 3.32. The molecule has 6 amide bonds. The first-order valence-electron chi connectivity index (χ1n) is 25.2. The molecule has 390 valence electrons. The fourth-order valence-electron chi connectivity index (χ4n) is 10.2. The van der Waals surface area contributed by atoms with Gasteiger partial charge >= 0.3 is 0 Å². The average molecular weight is 1030 g/mol. The van der Waals surface area contributed by atoms with Crippen LogP contribution in [0.1, 0.15) is 102 Å². The number of hydrogen-bond donors (Lipinski definition) is 6. The lowest BCUT2D eigenvalue weighted by atomic mass is 9.83. The summed E-state index contributed by atoms with van der Waals surface area (Å²) in [6, 6.07) is 22.4. The average Bonchev–Trinajstić information content (AvgIpc) is 3.69. The lowest BCUT2D eigenvalue weighted by Crippen LogP contribution is -2.58. The van der Waals surface area contributed by atoms with Crippen molar-refractivity contribution in [3.05, 3.63) is 107 Å². The summed E-state index contributed by atoms with van der Waals surface area (Å²) < 4.78 is 12.6. The van der Waals surface area contributed by atoms with Gasteiger partial charge in [0.05, 0.1) is 61.3 Å². The van der Waals surface area contributed by atoms with Gasteiger partial charge in [0.25, 0.3) is 0 Å². The zero-order chi connectivity index (χ0) is 51.7. The SMILES string of the molecule is CN[C@@H](C)C(=O)N[C@H]1CCS[C@H]2CC(C)(C)[C@@H](C(=O)N[C@H](COCc3ccc(COC[C@@H](NC(=O)[C@H]4N5C(=O)[C@@H](NC(=O)[C@H](C)NC)CCS[C@H]5CC4(C)C)c4ccccc4)cc3)c3ccccc3)N2C1=O. The molecule has 3 aromatic carbocycles. The number of fused-ring (bicyclic) bond motifs is 2. The van der Waals surface area contributed by atoms with Crippen LogP contribution < -0.4 is 31.9 Å². The second-order valence-electron chi connectivity index (χ2n) is 20.8. The molecule has 0 aliphatic carbocycles. The maximum absolute atomic E-state index is 14.5. The number of carbonyl (C=O) groups is 6. The normalized spacial score (nSPS) is 25.2. The van der Waals surface area contributed by atoms with Crippen molar-refractivity contribution in [1.29, 1.82) is 0 Å². The van der Waals surface area contributed by atoms with E-state index in [1.807, 2.05) is 113 Å². The smallest absolute Gasteiger partial charge is 0.246 e. The molecule has 7 rings (SSSR count). The molecule has 4 fully saturated rings. The van der Waals surface area contributed by atoms with Crippen molar-refractivity contribution in [1.82, 2.24) is 41.7 Å². The summed E-state index contributed by atoms with van der Waals surface area (Å²) in [4.78, 5) is 86.4. The molecule has 3 aromatic rings. The number of thioether (sulfide) groups is 2. The maximum Gasteiger partial charge on any atom is 0.246 e. The van der Waals surface area contributed by atoms with Gasteiger partial charge < -0.3 is 51.2 Å². The van der Waals surface area contributed by atoms with Crippen molar-refractivity contribution in [2.45, 2.75) is 140 Å². The molecule has 4 saturated heterocycles. The highest BCUT2D eigenvalue weighted by Crippen LogP contribution is 2.48. The van der Waals surface area contributed by atoms with Crippen LogP contribution in [0.2, 0.25) is 0 Å². The molecule has 72 heavy (non-hydrogen) atoms. The van der Waals surface area contributed by atoms with E-state index in [2.05, 4.69) is 31.9 Å².